The zero-order valence-electron chi connectivity index (χ0n) is 8.84. The molecule has 0 atom stereocenters. The smallest absolute Gasteiger partial charge is 0.357 e. The van der Waals surface area contributed by atoms with Crippen molar-refractivity contribution in [3.63, 3.8) is 0 Å². The van der Waals surface area contributed by atoms with Crippen molar-refractivity contribution in [2.75, 3.05) is 6.61 Å². The number of esters is 1. The predicted octanol–water partition coefficient (Wildman–Crippen LogP) is 3.07. The molecule has 0 aliphatic heterocycles. The van der Waals surface area contributed by atoms with E-state index in [1.54, 1.807) is 6.92 Å². The molecule has 17 heavy (non-hydrogen) atoms. The van der Waals surface area contributed by atoms with E-state index in [1.807, 2.05) is 0 Å². The van der Waals surface area contributed by atoms with Crippen LogP contribution in [0.2, 0.25) is 0 Å². The van der Waals surface area contributed by atoms with Crippen molar-refractivity contribution >= 4 is 17.6 Å². The van der Waals surface area contributed by atoms with E-state index in [1.165, 1.54) is 0 Å². The summed E-state index contributed by atoms with van der Waals surface area (Å²) < 4.78 is 42.6. The molecule has 0 saturated carbocycles. The van der Waals surface area contributed by atoms with Crippen LogP contribution in [-0.4, -0.2) is 17.6 Å². The Bertz CT molecular complexity index is 426. The fourth-order valence-corrected chi connectivity index (χ4v) is 1.38. The number of pyridine rings is 1. The van der Waals surface area contributed by atoms with Crippen LogP contribution >= 0.6 is 11.6 Å². The third-order valence-electron chi connectivity index (χ3n) is 1.90. The van der Waals surface area contributed by atoms with Gasteiger partial charge in [-0.25, -0.2) is 22.9 Å². The van der Waals surface area contributed by atoms with Gasteiger partial charge in [-0.05, 0) is 13.0 Å². The maximum Gasteiger partial charge on any atom is 0.357 e. The Kier molecular flexibility index (Phi) is 4.74. The number of hydrogen-bond donors (Lipinski definition) is 0. The topological polar surface area (TPSA) is 39.2 Å². The summed E-state index contributed by atoms with van der Waals surface area (Å²) in [5, 5.41) is 0. The standard InChI is InChI=1S/C10H9ClF3NO2/c1-2-17-10(16)7-5(4-11)3-6(12)8(15-7)9(13)14/h3,9H,2,4H2,1H3. The average Bonchev–Trinajstić information content (AvgIpc) is 2.28. The molecule has 1 heterocycles. The van der Waals surface area contributed by atoms with Crippen molar-refractivity contribution in [2.24, 2.45) is 0 Å². The van der Waals surface area contributed by atoms with E-state index in [9.17, 15) is 18.0 Å². The van der Waals surface area contributed by atoms with E-state index in [2.05, 4.69) is 9.72 Å². The molecule has 0 radical (unpaired) electrons. The molecule has 0 bridgehead atoms. The van der Waals surface area contributed by atoms with Crippen LogP contribution in [-0.2, 0) is 10.6 Å². The zero-order chi connectivity index (χ0) is 13.0. The van der Waals surface area contributed by atoms with Gasteiger partial charge in [-0.1, -0.05) is 0 Å². The lowest BCUT2D eigenvalue weighted by Crippen LogP contribution is -2.13. The first-order valence-corrected chi connectivity index (χ1v) is 5.25. The first kappa shape index (κ1) is 13.8. The summed E-state index contributed by atoms with van der Waals surface area (Å²) in [6.07, 6.45) is -3.10. The summed E-state index contributed by atoms with van der Waals surface area (Å²) in [6.45, 7) is 1.61. The molecule has 0 saturated heterocycles. The highest BCUT2D eigenvalue weighted by Crippen LogP contribution is 2.23. The molecule has 0 aliphatic rings. The van der Waals surface area contributed by atoms with Gasteiger partial charge >= 0.3 is 5.97 Å². The summed E-state index contributed by atoms with van der Waals surface area (Å²) in [4.78, 5) is 14.7. The lowest BCUT2D eigenvalue weighted by atomic mass is 10.2. The molecule has 7 heteroatoms. The molecular weight excluding hydrogens is 259 g/mol. The largest absolute Gasteiger partial charge is 0.461 e. The molecule has 1 rings (SSSR count). The highest BCUT2D eigenvalue weighted by Gasteiger charge is 2.22. The Morgan fingerprint density at radius 3 is 2.71 bits per heavy atom. The van der Waals surface area contributed by atoms with Crippen LogP contribution in [0.15, 0.2) is 6.07 Å². The van der Waals surface area contributed by atoms with Crippen LogP contribution in [0.25, 0.3) is 0 Å². The van der Waals surface area contributed by atoms with Crippen LogP contribution in [0.3, 0.4) is 0 Å². The molecule has 0 aromatic carbocycles. The number of rotatable bonds is 4. The van der Waals surface area contributed by atoms with Gasteiger partial charge in [-0.15, -0.1) is 11.6 Å². The van der Waals surface area contributed by atoms with E-state index in [-0.39, 0.29) is 23.7 Å². The molecular formula is C10H9ClF3NO2. The number of hydrogen-bond acceptors (Lipinski definition) is 3. The Balaban J connectivity index is 3.26. The van der Waals surface area contributed by atoms with Gasteiger partial charge in [0.15, 0.2) is 11.5 Å². The predicted molar refractivity (Wildman–Crippen MR) is 54.7 cm³/mol. The van der Waals surface area contributed by atoms with Gasteiger partial charge in [0.25, 0.3) is 6.43 Å². The van der Waals surface area contributed by atoms with Crippen molar-refractivity contribution in [2.45, 2.75) is 19.2 Å². The number of carbonyl (C=O) groups is 1. The van der Waals surface area contributed by atoms with Crippen LogP contribution in [0, 0.1) is 5.82 Å². The Hall–Kier alpha value is -1.30. The first-order valence-electron chi connectivity index (χ1n) is 4.71. The summed E-state index contributed by atoms with van der Waals surface area (Å²) in [7, 11) is 0. The second kappa shape index (κ2) is 5.86. The molecule has 0 N–H and O–H groups in total. The number of carbonyl (C=O) groups excluding carboxylic acids is 1. The van der Waals surface area contributed by atoms with Gasteiger partial charge in [-0.3, -0.25) is 0 Å². The number of nitrogens with zero attached hydrogens (tertiary/aromatic N) is 1. The summed E-state index contributed by atoms with van der Waals surface area (Å²) in [6, 6.07) is 0.772. The van der Waals surface area contributed by atoms with Crippen molar-refractivity contribution in [3.05, 3.63) is 28.8 Å². The third kappa shape index (κ3) is 3.09. The molecule has 1 aromatic rings. The molecule has 0 spiro atoms. The lowest BCUT2D eigenvalue weighted by molar-refractivity contribution is 0.0516. The van der Waals surface area contributed by atoms with E-state index in [0.29, 0.717) is 0 Å². The van der Waals surface area contributed by atoms with Crippen molar-refractivity contribution in [1.29, 1.82) is 0 Å². The highest BCUT2D eigenvalue weighted by molar-refractivity contribution is 6.17. The number of ether oxygens (including phenoxy) is 1. The third-order valence-corrected chi connectivity index (χ3v) is 2.19. The fraction of sp³-hybridized carbons (Fsp3) is 0.400. The lowest BCUT2D eigenvalue weighted by Gasteiger charge is -2.09. The van der Waals surface area contributed by atoms with Gasteiger partial charge in [0.2, 0.25) is 0 Å². The van der Waals surface area contributed by atoms with Crippen LogP contribution in [0.1, 0.15) is 35.1 Å². The zero-order valence-corrected chi connectivity index (χ0v) is 9.60. The molecule has 0 amide bonds. The second-order valence-electron chi connectivity index (χ2n) is 3.02. The Labute approximate surface area is 101 Å². The van der Waals surface area contributed by atoms with Crippen molar-refractivity contribution in [1.82, 2.24) is 4.98 Å². The van der Waals surface area contributed by atoms with Gasteiger partial charge in [0, 0.05) is 11.4 Å². The van der Waals surface area contributed by atoms with Crippen LogP contribution in [0.5, 0.6) is 0 Å². The van der Waals surface area contributed by atoms with Gasteiger partial charge in [0.1, 0.15) is 5.69 Å². The van der Waals surface area contributed by atoms with Gasteiger partial charge in [0.05, 0.1) is 6.61 Å². The SMILES string of the molecule is CCOC(=O)c1nc(C(F)F)c(F)cc1CCl. The minimum absolute atomic E-state index is 0.0204. The molecule has 0 aliphatic carbocycles. The fourth-order valence-electron chi connectivity index (χ4n) is 1.17. The van der Waals surface area contributed by atoms with Crippen LogP contribution in [0.4, 0.5) is 13.2 Å². The molecule has 0 fully saturated rings. The van der Waals surface area contributed by atoms with Gasteiger partial charge < -0.3 is 4.74 Å². The van der Waals surface area contributed by atoms with Crippen molar-refractivity contribution < 1.29 is 22.7 Å². The molecule has 0 unspecified atom stereocenters. The Morgan fingerprint density at radius 1 is 1.59 bits per heavy atom. The maximum atomic E-state index is 13.2. The first-order chi connectivity index (χ1) is 8.01. The minimum Gasteiger partial charge on any atom is -0.461 e. The molecule has 1 aromatic heterocycles. The molecule has 3 nitrogen and oxygen atoms in total. The normalized spacial score (nSPS) is 10.7. The Morgan fingerprint density at radius 2 is 2.24 bits per heavy atom. The number of halogens is 4. The molecule has 94 valence electrons. The maximum absolute atomic E-state index is 13.2. The summed E-state index contributed by atoms with van der Waals surface area (Å²) in [5.41, 5.74) is -1.44. The number of alkyl halides is 3. The van der Waals surface area contributed by atoms with Gasteiger partial charge in [-0.2, -0.15) is 0 Å². The summed E-state index contributed by atoms with van der Waals surface area (Å²) >= 11 is 5.48. The monoisotopic (exact) mass is 267 g/mol. The van der Waals surface area contributed by atoms with E-state index >= 15 is 0 Å². The number of aromatic nitrogens is 1. The van der Waals surface area contributed by atoms with Crippen molar-refractivity contribution in [3.8, 4) is 0 Å². The second-order valence-corrected chi connectivity index (χ2v) is 3.29. The quantitative estimate of drug-likeness (QED) is 0.622. The minimum atomic E-state index is -3.10. The average molecular weight is 268 g/mol. The van der Waals surface area contributed by atoms with E-state index < -0.39 is 23.9 Å². The van der Waals surface area contributed by atoms with E-state index in [0.717, 1.165) is 6.07 Å². The van der Waals surface area contributed by atoms with E-state index in [4.69, 9.17) is 11.6 Å². The van der Waals surface area contributed by atoms with Crippen LogP contribution < -0.4 is 0 Å². The summed E-state index contributed by atoms with van der Waals surface area (Å²) in [5.74, 6) is -2.31. The highest BCUT2D eigenvalue weighted by atomic mass is 35.5.